The molecule has 0 saturated carbocycles. The molecule has 0 aromatic heterocycles. The zero-order chi connectivity index (χ0) is 12.7. The van der Waals surface area contributed by atoms with Gasteiger partial charge in [-0.05, 0) is 17.7 Å². The Balaban J connectivity index is 0.00000289. The Bertz CT molecular complexity index is 354. The fourth-order valence-electron chi connectivity index (χ4n) is 1.57. The number of carbonyl (C=O) groups is 1. The quantitative estimate of drug-likeness (QED) is 0.550. The summed E-state index contributed by atoms with van der Waals surface area (Å²) < 4.78 is 0. The Morgan fingerprint density at radius 2 is 1.61 bits per heavy atom. The molecule has 0 bridgehead atoms. The summed E-state index contributed by atoms with van der Waals surface area (Å²) in [6, 6.07) is 7.44. The van der Waals surface area contributed by atoms with Crippen LogP contribution >= 0.6 is 23.2 Å². The van der Waals surface area contributed by atoms with Gasteiger partial charge in [-0.1, -0.05) is 12.1 Å². The fraction of sp³-hybridized carbons (Fsp3) is 0.417. The van der Waals surface area contributed by atoms with Crippen molar-refractivity contribution in [2.45, 2.75) is 6.42 Å². The Kier molecular flexibility index (Phi) is 9.97. The first kappa shape index (κ1) is 18.1. The minimum atomic E-state index is -0.823. The van der Waals surface area contributed by atoms with Crippen LogP contribution in [0.4, 0.5) is 5.69 Å². The SMILES string of the molecule is O=C(O)Cc1ccc(N(CCCl)CCCl)cc1.[Na+]. The molecule has 1 aromatic rings. The van der Waals surface area contributed by atoms with E-state index in [1.54, 1.807) is 0 Å². The molecule has 0 aliphatic rings. The van der Waals surface area contributed by atoms with E-state index in [4.69, 9.17) is 28.3 Å². The molecule has 94 valence electrons. The van der Waals surface area contributed by atoms with Crippen molar-refractivity contribution in [1.29, 1.82) is 0 Å². The van der Waals surface area contributed by atoms with Crippen LogP contribution in [-0.2, 0) is 11.2 Å². The van der Waals surface area contributed by atoms with Crippen LogP contribution in [0.25, 0.3) is 0 Å². The van der Waals surface area contributed by atoms with E-state index in [9.17, 15) is 4.79 Å². The van der Waals surface area contributed by atoms with Gasteiger partial charge in [0.2, 0.25) is 0 Å². The van der Waals surface area contributed by atoms with Crippen LogP contribution in [0.2, 0.25) is 0 Å². The number of rotatable bonds is 7. The standard InChI is InChI=1S/C12H15Cl2NO2.Na/c13-5-7-15(8-6-14)11-3-1-10(2-4-11)9-12(16)17;/h1-4H,5-9H2,(H,16,17);/q;+1. The number of aliphatic carboxylic acids is 1. The van der Waals surface area contributed by atoms with E-state index < -0.39 is 5.97 Å². The Morgan fingerprint density at radius 3 is 2.00 bits per heavy atom. The predicted molar refractivity (Wildman–Crippen MR) is 71.4 cm³/mol. The maximum absolute atomic E-state index is 10.5. The first-order chi connectivity index (χ1) is 8.17. The van der Waals surface area contributed by atoms with Gasteiger partial charge < -0.3 is 10.0 Å². The number of benzene rings is 1. The van der Waals surface area contributed by atoms with E-state index in [2.05, 4.69) is 4.90 Å². The zero-order valence-electron chi connectivity index (χ0n) is 10.4. The van der Waals surface area contributed by atoms with E-state index in [1.807, 2.05) is 24.3 Å². The molecular formula is C12H15Cl2NNaO2+. The molecule has 18 heavy (non-hydrogen) atoms. The third-order valence-electron chi connectivity index (χ3n) is 2.37. The first-order valence-electron chi connectivity index (χ1n) is 5.35. The Hall–Kier alpha value is 0.0700. The number of hydrogen-bond donors (Lipinski definition) is 1. The third-order valence-corrected chi connectivity index (χ3v) is 2.70. The second-order valence-electron chi connectivity index (χ2n) is 3.60. The number of alkyl halides is 2. The van der Waals surface area contributed by atoms with Crippen molar-refractivity contribution < 1.29 is 39.5 Å². The van der Waals surface area contributed by atoms with Crippen LogP contribution in [0, 0.1) is 0 Å². The summed E-state index contributed by atoms with van der Waals surface area (Å²) in [6.45, 7) is 1.46. The van der Waals surface area contributed by atoms with Gasteiger partial charge in [0.05, 0.1) is 6.42 Å². The van der Waals surface area contributed by atoms with E-state index in [-0.39, 0.29) is 36.0 Å². The molecule has 0 aliphatic carbocycles. The summed E-state index contributed by atoms with van der Waals surface area (Å²) in [5.74, 6) is 0.248. The van der Waals surface area contributed by atoms with E-state index in [1.165, 1.54) is 0 Å². The van der Waals surface area contributed by atoms with Crippen molar-refractivity contribution >= 4 is 34.9 Å². The molecule has 6 heteroatoms. The van der Waals surface area contributed by atoms with Gasteiger partial charge in [0.25, 0.3) is 0 Å². The molecule has 0 radical (unpaired) electrons. The second kappa shape index (κ2) is 9.93. The smallest absolute Gasteiger partial charge is 0.481 e. The van der Waals surface area contributed by atoms with Crippen LogP contribution in [0.1, 0.15) is 5.56 Å². The Labute approximate surface area is 139 Å². The Morgan fingerprint density at radius 1 is 1.11 bits per heavy atom. The monoisotopic (exact) mass is 298 g/mol. The average molecular weight is 299 g/mol. The maximum atomic E-state index is 10.5. The van der Waals surface area contributed by atoms with Crippen molar-refractivity contribution in [2.75, 3.05) is 29.7 Å². The number of anilines is 1. The second-order valence-corrected chi connectivity index (χ2v) is 4.36. The van der Waals surface area contributed by atoms with Gasteiger partial charge in [-0.3, -0.25) is 4.79 Å². The molecule has 0 amide bonds. The van der Waals surface area contributed by atoms with Crippen LogP contribution in [0.5, 0.6) is 0 Å². The van der Waals surface area contributed by atoms with Crippen LogP contribution in [0.15, 0.2) is 24.3 Å². The normalized spacial score (nSPS) is 9.67. The molecule has 0 fully saturated rings. The minimum Gasteiger partial charge on any atom is -0.481 e. The number of hydrogen-bond acceptors (Lipinski definition) is 2. The number of carboxylic acid groups (broad SMARTS) is 1. The maximum Gasteiger partial charge on any atom is 1.00 e. The molecule has 1 aromatic carbocycles. The molecule has 3 nitrogen and oxygen atoms in total. The minimum absolute atomic E-state index is 0. The molecule has 0 atom stereocenters. The van der Waals surface area contributed by atoms with Crippen LogP contribution in [-0.4, -0.2) is 35.9 Å². The van der Waals surface area contributed by atoms with Crippen molar-refractivity contribution in [3.63, 3.8) is 0 Å². The van der Waals surface area contributed by atoms with Crippen LogP contribution < -0.4 is 34.5 Å². The number of halogens is 2. The summed E-state index contributed by atoms with van der Waals surface area (Å²) in [6.07, 6.45) is 0.0469. The number of nitrogens with zero attached hydrogens (tertiary/aromatic N) is 1. The fourth-order valence-corrected chi connectivity index (χ4v) is 1.98. The molecular weight excluding hydrogens is 284 g/mol. The van der Waals surface area contributed by atoms with Gasteiger partial charge in [-0.25, -0.2) is 0 Å². The average Bonchev–Trinajstić information content (AvgIpc) is 2.29. The van der Waals surface area contributed by atoms with Crippen molar-refractivity contribution in [2.24, 2.45) is 0 Å². The summed E-state index contributed by atoms with van der Waals surface area (Å²) in [5, 5.41) is 8.67. The van der Waals surface area contributed by atoms with Gasteiger partial charge in [0.15, 0.2) is 0 Å². The molecule has 0 saturated heterocycles. The molecule has 0 heterocycles. The summed E-state index contributed by atoms with van der Waals surface area (Å²) in [4.78, 5) is 12.6. The van der Waals surface area contributed by atoms with Crippen molar-refractivity contribution in [3.05, 3.63) is 29.8 Å². The molecule has 0 spiro atoms. The van der Waals surface area contributed by atoms with E-state index >= 15 is 0 Å². The van der Waals surface area contributed by atoms with Gasteiger partial charge in [-0.2, -0.15) is 0 Å². The molecule has 1 N–H and O–H groups in total. The predicted octanol–water partition coefficient (Wildman–Crippen LogP) is -0.398. The van der Waals surface area contributed by atoms with Gasteiger partial charge in [-0.15, -0.1) is 23.2 Å². The van der Waals surface area contributed by atoms with Crippen molar-refractivity contribution in [1.82, 2.24) is 0 Å². The molecule has 0 unspecified atom stereocenters. The zero-order valence-corrected chi connectivity index (χ0v) is 13.9. The van der Waals surface area contributed by atoms with Crippen LogP contribution in [0.3, 0.4) is 0 Å². The topological polar surface area (TPSA) is 40.5 Å². The van der Waals surface area contributed by atoms with E-state index in [0.29, 0.717) is 11.8 Å². The van der Waals surface area contributed by atoms with E-state index in [0.717, 1.165) is 24.3 Å². The largest absolute Gasteiger partial charge is 1.00 e. The summed E-state index contributed by atoms with van der Waals surface area (Å²) in [5.41, 5.74) is 1.80. The van der Waals surface area contributed by atoms with Gasteiger partial charge in [0, 0.05) is 30.5 Å². The summed E-state index contributed by atoms with van der Waals surface area (Å²) in [7, 11) is 0. The summed E-state index contributed by atoms with van der Waals surface area (Å²) >= 11 is 11.4. The van der Waals surface area contributed by atoms with Gasteiger partial charge in [0.1, 0.15) is 0 Å². The molecule has 0 aliphatic heterocycles. The van der Waals surface area contributed by atoms with Crippen molar-refractivity contribution in [3.8, 4) is 0 Å². The third kappa shape index (κ3) is 6.30. The number of carboxylic acids is 1. The first-order valence-corrected chi connectivity index (χ1v) is 6.42. The molecule has 1 rings (SSSR count). The van der Waals surface area contributed by atoms with Gasteiger partial charge >= 0.3 is 35.5 Å².